The van der Waals surface area contributed by atoms with Gasteiger partial charge in [0, 0.05) is 6.54 Å². The summed E-state index contributed by atoms with van der Waals surface area (Å²) in [5, 5.41) is 0. The van der Waals surface area contributed by atoms with E-state index >= 15 is 0 Å². The molecule has 15 heavy (non-hydrogen) atoms. The Bertz CT molecular complexity index is 149. The SMILES string of the molecule is CCCN(CC)CC(CN)CC(C)(C)C. The molecule has 0 saturated carbocycles. The van der Waals surface area contributed by atoms with E-state index in [1.165, 1.54) is 19.4 Å². The smallest absolute Gasteiger partial charge is 0.00218 e. The zero-order chi connectivity index (χ0) is 11.9. The average Bonchev–Trinajstić information content (AvgIpc) is 2.13. The first-order chi connectivity index (χ1) is 6.92. The van der Waals surface area contributed by atoms with Gasteiger partial charge in [-0.05, 0) is 43.8 Å². The fraction of sp³-hybridized carbons (Fsp3) is 1.00. The predicted molar refractivity (Wildman–Crippen MR) is 69.0 cm³/mol. The number of nitrogens with zero attached hydrogens (tertiary/aromatic N) is 1. The van der Waals surface area contributed by atoms with Gasteiger partial charge in [-0.3, -0.25) is 0 Å². The Morgan fingerprint density at radius 1 is 1.20 bits per heavy atom. The molecule has 0 spiro atoms. The molecule has 0 rings (SSSR count). The summed E-state index contributed by atoms with van der Waals surface area (Å²) in [6.45, 7) is 15.7. The van der Waals surface area contributed by atoms with E-state index in [-0.39, 0.29) is 0 Å². The molecule has 0 radical (unpaired) electrons. The summed E-state index contributed by atoms with van der Waals surface area (Å²) in [5.74, 6) is 0.650. The van der Waals surface area contributed by atoms with Crippen LogP contribution in [0.15, 0.2) is 0 Å². The van der Waals surface area contributed by atoms with Crippen LogP contribution >= 0.6 is 0 Å². The van der Waals surface area contributed by atoms with Crippen molar-refractivity contribution in [1.29, 1.82) is 0 Å². The molecule has 0 amide bonds. The summed E-state index contributed by atoms with van der Waals surface area (Å²) in [5.41, 5.74) is 6.25. The van der Waals surface area contributed by atoms with Crippen molar-refractivity contribution in [2.75, 3.05) is 26.2 Å². The van der Waals surface area contributed by atoms with E-state index in [1.54, 1.807) is 0 Å². The third kappa shape index (κ3) is 7.80. The lowest BCUT2D eigenvalue weighted by Gasteiger charge is -2.30. The van der Waals surface area contributed by atoms with Crippen LogP contribution in [0.1, 0.15) is 47.5 Å². The van der Waals surface area contributed by atoms with Crippen molar-refractivity contribution in [3.8, 4) is 0 Å². The van der Waals surface area contributed by atoms with E-state index in [0.717, 1.165) is 19.6 Å². The quantitative estimate of drug-likeness (QED) is 0.706. The maximum Gasteiger partial charge on any atom is 0.00218 e. The van der Waals surface area contributed by atoms with E-state index < -0.39 is 0 Å². The van der Waals surface area contributed by atoms with Crippen LogP contribution in [0.2, 0.25) is 0 Å². The molecule has 0 aromatic rings. The first kappa shape index (κ1) is 14.9. The second-order valence-electron chi connectivity index (χ2n) is 5.76. The average molecular weight is 214 g/mol. The molecule has 2 heteroatoms. The van der Waals surface area contributed by atoms with E-state index in [4.69, 9.17) is 5.73 Å². The minimum absolute atomic E-state index is 0.398. The van der Waals surface area contributed by atoms with Crippen molar-refractivity contribution in [1.82, 2.24) is 4.90 Å². The molecule has 0 saturated heterocycles. The normalized spacial score (nSPS) is 14.6. The topological polar surface area (TPSA) is 29.3 Å². The fourth-order valence-electron chi connectivity index (χ4n) is 2.15. The minimum atomic E-state index is 0.398. The summed E-state index contributed by atoms with van der Waals surface area (Å²) < 4.78 is 0. The zero-order valence-electron chi connectivity index (χ0n) is 11.3. The minimum Gasteiger partial charge on any atom is -0.330 e. The lowest BCUT2D eigenvalue weighted by Crippen LogP contribution is -2.35. The Morgan fingerprint density at radius 3 is 2.13 bits per heavy atom. The number of hydrogen-bond acceptors (Lipinski definition) is 2. The molecule has 0 aromatic heterocycles. The predicted octanol–water partition coefficient (Wildman–Crippen LogP) is 2.73. The summed E-state index contributed by atoms with van der Waals surface area (Å²) in [4.78, 5) is 2.52. The molecule has 2 N–H and O–H groups in total. The highest BCUT2D eigenvalue weighted by atomic mass is 15.1. The number of hydrogen-bond donors (Lipinski definition) is 1. The van der Waals surface area contributed by atoms with Crippen LogP contribution in [0.3, 0.4) is 0 Å². The van der Waals surface area contributed by atoms with Gasteiger partial charge in [0.05, 0.1) is 0 Å². The number of rotatable bonds is 7. The number of nitrogens with two attached hydrogens (primary N) is 1. The van der Waals surface area contributed by atoms with Crippen LogP contribution in [0.5, 0.6) is 0 Å². The van der Waals surface area contributed by atoms with Crippen LogP contribution < -0.4 is 5.73 Å². The maximum absolute atomic E-state index is 5.85. The highest BCUT2D eigenvalue weighted by molar-refractivity contribution is 4.73. The van der Waals surface area contributed by atoms with Crippen molar-refractivity contribution in [2.45, 2.75) is 47.5 Å². The van der Waals surface area contributed by atoms with Gasteiger partial charge in [0.2, 0.25) is 0 Å². The lowest BCUT2D eigenvalue weighted by atomic mass is 9.84. The van der Waals surface area contributed by atoms with Crippen LogP contribution in [-0.2, 0) is 0 Å². The third-order valence-corrected chi connectivity index (χ3v) is 2.74. The molecule has 1 atom stereocenters. The lowest BCUT2D eigenvalue weighted by molar-refractivity contribution is 0.201. The second-order valence-corrected chi connectivity index (χ2v) is 5.76. The van der Waals surface area contributed by atoms with Crippen LogP contribution in [0.25, 0.3) is 0 Å². The van der Waals surface area contributed by atoms with E-state index in [1.807, 2.05) is 0 Å². The summed E-state index contributed by atoms with van der Waals surface area (Å²) in [6.07, 6.45) is 2.46. The largest absolute Gasteiger partial charge is 0.330 e. The highest BCUT2D eigenvalue weighted by Crippen LogP contribution is 2.24. The van der Waals surface area contributed by atoms with Gasteiger partial charge < -0.3 is 10.6 Å². The Kier molecular flexibility index (Phi) is 7.20. The third-order valence-electron chi connectivity index (χ3n) is 2.74. The molecule has 92 valence electrons. The molecule has 0 bridgehead atoms. The van der Waals surface area contributed by atoms with E-state index in [0.29, 0.717) is 11.3 Å². The van der Waals surface area contributed by atoms with Gasteiger partial charge in [0.1, 0.15) is 0 Å². The van der Waals surface area contributed by atoms with Gasteiger partial charge in [-0.25, -0.2) is 0 Å². The monoisotopic (exact) mass is 214 g/mol. The van der Waals surface area contributed by atoms with Gasteiger partial charge in [0.25, 0.3) is 0 Å². The van der Waals surface area contributed by atoms with Crippen molar-refractivity contribution >= 4 is 0 Å². The van der Waals surface area contributed by atoms with Gasteiger partial charge >= 0.3 is 0 Å². The van der Waals surface area contributed by atoms with Gasteiger partial charge in [-0.15, -0.1) is 0 Å². The summed E-state index contributed by atoms with van der Waals surface area (Å²) in [6, 6.07) is 0. The molecule has 0 fully saturated rings. The maximum atomic E-state index is 5.85. The molecule has 0 aliphatic rings. The fourth-order valence-corrected chi connectivity index (χ4v) is 2.15. The molecule has 2 nitrogen and oxygen atoms in total. The molecule has 1 unspecified atom stereocenters. The molecular weight excluding hydrogens is 184 g/mol. The molecule has 0 aliphatic carbocycles. The first-order valence-electron chi connectivity index (χ1n) is 6.35. The van der Waals surface area contributed by atoms with Crippen molar-refractivity contribution in [2.24, 2.45) is 17.1 Å². The van der Waals surface area contributed by atoms with Gasteiger partial charge in [-0.1, -0.05) is 34.6 Å². The molecular formula is C13H30N2. The van der Waals surface area contributed by atoms with Crippen molar-refractivity contribution < 1.29 is 0 Å². The van der Waals surface area contributed by atoms with E-state index in [2.05, 4.69) is 39.5 Å². The van der Waals surface area contributed by atoms with Gasteiger partial charge in [0.15, 0.2) is 0 Å². The van der Waals surface area contributed by atoms with Crippen LogP contribution in [0, 0.1) is 11.3 Å². The van der Waals surface area contributed by atoms with Crippen molar-refractivity contribution in [3.05, 3.63) is 0 Å². The van der Waals surface area contributed by atoms with Crippen molar-refractivity contribution in [3.63, 3.8) is 0 Å². The first-order valence-corrected chi connectivity index (χ1v) is 6.35. The molecule has 0 aromatic carbocycles. The van der Waals surface area contributed by atoms with E-state index in [9.17, 15) is 0 Å². The standard InChI is InChI=1S/C13H30N2/c1-6-8-15(7-2)11-12(10-14)9-13(3,4)5/h12H,6-11,14H2,1-5H3. The summed E-state index contributed by atoms with van der Waals surface area (Å²) >= 11 is 0. The zero-order valence-corrected chi connectivity index (χ0v) is 11.3. The molecule has 0 aliphatic heterocycles. The molecule has 0 heterocycles. The van der Waals surface area contributed by atoms with Gasteiger partial charge in [-0.2, -0.15) is 0 Å². The van der Waals surface area contributed by atoms with Crippen LogP contribution in [-0.4, -0.2) is 31.1 Å². The Morgan fingerprint density at radius 2 is 1.80 bits per heavy atom. The van der Waals surface area contributed by atoms with Crippen LogP contribution in [0.4, 0.5) is 0 Å². The second kappa shape index (κ2) is 7.24. The summed E-state index contributed by atoms with van der Waals surface area (Å²) in [7, 11) is 0. The Labute approximate surface area is 96.2 Å². The Balaban J connectivity index is 4.06. The Hall–Kier alpha value is -0.0800. The highest BCUT2D eigenvalue weighted by Gasteiger charge is 2.19.